The zero-order valence-electron chi connectivity index (χ0n) is 11.4. The molecule has 0 aliphatic rings. The van der Waals surface area contributed by atoms with Crippen LogP contribution in [0.2, 0.25) is 0 Å². The van der Waals surface area contributed by atoms with Crippen molar-refractivity contribution in [1.82, 2.24) is 10.2 Å². The molecule has 1 rings (SSSR count). The Morgan fingerprint density at radius 3 is 2.60 bits per heavy atom. The van der Waals surface area contributed by atoms with Gasteiger partial charge in [0.15, 0.2) is 0 Å². The average molecular weight is 276 g/mol. The third-order valence-corrected chi connectivity index (χ3v) is 2.70. The number of hydrogen-bond acceptors (Lipinski definition) is 2. The second kappa shape index (κ2) is 8.74. The number of hydrogen-bond donors (Lipinski definition) is 2. The lowest BCUT2D eigenvalue weighted by Crippen LogP contribution is -2.40. The number of carbonyl (C=O) groups is 2. The van der Waals surface area contributed by atoms with Crippen LogP contribution >= 0.6 is 0 Å². The topological polar surface area (TPSA) is 69.6 Å². The molecule has 5 nitrogen and oxygen atoms in total. The molecule has 2 N–H and O–H groups in total. The Morgan fingerprint density at radius 2 is 2.00 bits per heavy atom. The molecule has 0 spiro atoms. The maximum Gasteiger partial charge on any atom is 0.317 e. The first-order chi connectivity index (χ1) is 9.63. The van der Waals surface area contributed by atoms with Gasteiger partial charge >= 0.3 is 12.0 Å². The van der Waals surface area contributed by atoms with E-state index >= 15 is 0 Å². The van der Waals surface area contributed by atoms with Crippen LogP contribution in [-0.2, 0) is 11.3 Å². The summed E-state index contributed by atoms with van der Waals surface area (Å²) >= 11 is 0. The molecule has 5 heteroatoms. The molecular weight excluding hydrogens is 256 g/mol. The molecular formula is C15H20N2O3. The number of urea groups is 1. The number of nitrogens with one attached hydrogen (secondary N) is 1. The van der Waals surface area contributed by atoms with Gasteiger partial charge in [0.05, 0.1) is 0 Å². The Balaban J connectivity index is 2.46. The second-order valence-corrected chi connectivity index (χ2v) is 4.38. The van der Waals surface area contributed by atoms with Crippen LogP contribution in [0.15, 0.2) is 43.0 Å². The molecule has 108 valence electrons. The van der Waals surface area contributed by atoms with Gasteiger partial charge in [0.2, 0.25) is 0 Å². The van der Waals surface area contributed by atoms with Crippen LogP contribution in [0.25, 0.3) is 0 Å². The first-order valence-corrected chi connectivity index (χ1v) is 6.53. The molecule has 0 saturated carbocycles. The van der Waals surface area contributed by atoms with Gasteiger partial charge in [-0.2, -0.15) is 0 Å². The first-order valence-electron chi connectivity index (χ1n) is 6.53. The lowest BCUT2D eigenvalue weighted by atomic mass is 10.2. The molecule has 20 heavy (non-hydrogen) atoms. The van der Waals surface area contributed by atoms with E-state index in [9.17, 15) is 9.59 Å². The fourth-order valence-corrected chi connectivity index (χ4v) is 1.73. The van der Waals surface area contributed by atoms with Crippen molar-refractivity contribution >= 4 is 12.0 Å². The van der Waals surface area contributed by atoms with Gasteiger partial charge in [0, 0.05) is 26.1 Å². The van der Waals surface area contributed by atoms with Crippen LogP contribution in [0.3, 0.4) is 0 Å². The Hall–Kier alpha value is -2.30. The van der Waals surface area contributed by atoms with E-state index in [4.69, 9.17) is 5.11 Å². The summed E-state index contributed by atoms with van der Waals surface area (Å²) in [5.74, 6) is -0.855. The quantitative estimate of drug-likeness (QED) is 0.565. The number of carboxylic acid groups (broad SMARTS) is 1. The average Bonchev–Trinajstić information content (AvgIpc) is 2.44. The molecule has 0 saturated heterocycles. The summed E-state index contributed by atoms with van der Waals surface area (Å²) in [5.41, 5.74) is 1.04. The molecule has 0 atom stereocenters. The summed E-state index contributed by atoms with van der Waals surface area (Å²) in [5, 5.41) is 11.2. The number of nitrogens with zero attached hydrogens (tertiary/aromatic N) is 1. The van der Waals surface area contributed by atoms with Gasteiger partial charge in [-0.25, -0.2) is 4.79 Å². The monoisotopic (exact) mass is 276 g/mol. The third kappa shape index (κ3) is 6.04. The van der Waals surface area contributed by atoms with Crippen LogP contribution < -0.4 is 5.32 Å². The standard InChI is InChI=1S/C15H20N2O3/c1-2-11-17(12-13-7-4-3-5-8-13)15(20)16-10-6-9-14(18)19/h2-5,7-8H,1,6,9-12H2,(H,16,20)(H,18,19). The fourth-order valence-electron chi connectivity index (χ4n) is 1.73. The van der Waals surface area contributed by atoms with Crippen molar-refractivity contribution in [3.63, 3.8) is 0 Å². The molecule has 2 amide bonds. The predicted octanol–water partition coefficient (Wildman–Crippen LogP) is 2.25. The van der Waals surface area contributed by atoms with E-state index in [1.807, 2.05) is 30.3 Å². The third-order valence-electron chi connectivity index (χ3n) is 2.70. The Labute approximate surface area is 118 Å². The van der Waals surface area contributed by atoms with Crippen molar-refractivity contribution in [2.75, 3.05) is 13.1 Å². The minimum absolute atomic E-state index is 0.0560. The largest absolute Gasteiger partial charge is 0.481 e. The predicted molar refractivity (Wildman–Crippen MR) is 77.3 cm³/mol. The molecule has 0 heterocycles. The summed E-state index contributed by atoms with van der Waals surface area (Å²) in [6, 6.07) is 9.46. The first kappa shape index (κ1) is 15.8. The van der Waals surface area contributed by atoms with E-state index in [1.54, 1.807) is 11.0 Å². The van der Waals surface area contributed by atoms with Crippen molar-refractivity contribution in [1.29, 1.82) is 0 Å². The van der Waals surface area contributed by atoms with Gasteiger partial charge in [-0.1, -0.05) is 36.4 Å². The summed E-state index contributed by atoms with van der Waals surface area (Å²) in [4.78, 5) is 24.0. The molecule has 0 aliphatic carbocycles. The number of aliphatic carboxylic acids is 1. The molecule has 1 aromatic carbocycles. The highest BCUT2D eigenvalue weighted by Gasteiger charge is 2.11. The molecule has 0 aliphatic heterocycles. The molecule has 1 aromatic rings. The SMILES string of the molecule is C=CCN(Cc1ccccc1)C(=O)NCCCC(=O)O. The van der Waals surface area contributed by atoms with Gasteiger partial charge in [0.25, 0.3) is 0 Å². The highest BCUT2D eigenvalue weighted by Crippen LogP contribution is 2.04. The fraction of sp³-hybridized carbons (Fsp3) is 0.333. The van der Waals surface area contributed by atoms with Crippen molar-refractivity contribution in [2.24, 2.45) is 0 Å². The van der Waals surface area contributed by atoms with E-state index in [2.05, 4.69) is 11.9 Å². The van der Waals surface area contributed by atoms with E-state index in [-0.39, 0.29) is 12.5 Å². The van der Waals surface area contributed by atoms with E-state index < -0.39 is 5.97 Å². The number of carboxylic acids is 1. The number of rotatable bonds is 8. The van der Waals surface area contributed by atoms with E-state index in [0.717, 1.165) is 5.56 Å². The summed E-state index contributed by atoms with van der Waals surface area (Å²) in [6.07, 6.45) is 2.15. The molecule has 0 fully saturated rings. The zero-order valence-corrected chi connectivity index (χ0v) is 11.4. The molecule has 0 unspecified atom stereocenters. The van der Waals surface area contributed by atoms with Crippen LogP contribution in [-0.4, -0.2) is 35.1 Å². The van der Waals surface area contributed by atoms with Gasteiger partial charge in [0.1, 0.15) is 0 Å². The van der Waals surface area contributed by atoms with Crippen molar-refractivity contribution in [3.8, 4) is 0 Å². The van der Waals surface area contributed by atoms with Crippen molar-refractivity contribution in [3.05, 3.63) is 48.6 Å². The van der Waals surface area contributed by atoms with Gasteiger partial charge in [-0.15, -0.1) is 6.58 Å². The maximum atomic E-state index is 12.0. The van der Waals surface area contributed by atoms with E-state index in [0.29, 0.717) is 26.1 Å². The zero-order chi connectivity index (χ0) is 14.8. The van der Waals surface area contributed by atoms with Gasteiger partial charge in [-0.3, -0.25) is 4.79 Å². The van der Waals surface area contributed by atoms with Crippen molar-refractivity contribution in [2.45, 2.75) is 19.4 Å². The maximum absolute atomic E-state index is 12.0. The van der Waals surface area contributed by atoms with Crippen LogP contribution in [0, 0.1) is 0 Å². The Morgan fingerprint density at radius 1 is 1.30 bits per heavy atom. The normalized spacial score (nSPS) is 9.80. The minimum atomic E-state index is -0.855. The smallest absolute Gasteiger partial charge is 0.317 e. The van der Waals surface area contributed by atoms with Gasteiger partial charge < -0.3 is 15.3 Å². The lowest BCUT2D eigenvalue weighted by Gasteiger charge is -2.21. The van der Waals surface area contributed by atoms with Crippen LogP contribution in [0.5, 0.6) is 0 Å². The van der Waals surface area contributed by atoms with Crippen LogP contribution in [0.1, 0.15) is 18.4 Å². The Bertz CT molecular complexity index is 446. The highest BCUT2D eigenvalue weighted by atomic mass is 16.4. The molecule has 0 aromatic heterocycles. The van der Waals surface area contributed by atoms with Crippen molar-refractivity contribution < 1.29 is 14.7 Å². The second-order valence-electron chi connectivity index (χ2n) is 4.38. The Kier molecular flexibility index (Phi) is 6.89. The summed E-state index contributed by atoms with van der Waals surface area (Å²) in [6.45, 7) is 4.94. The number of carbonyl (C=O) groups excluding carboxylic acids is 1. The number of amides is 2. The van der Waals surface area contributed by atoms with Gasteiger partial charge in [-0.05, 0) is 12.0 Å². The molecule has 0 bridgehead atoms. The lowest BCUT2D eigenvalue weighted by molar-refractivity contribution is -0.137. The van der Waals surface area contributed by atoms with Crippen LogP contribution in [0.4, 0.5) is 4.79 Å². The number of benzene rings is 1. The summed E-state index contributed by atoms with van der Waals surface area (Å²) < 4.78 is 0. The highest BCUT2D eigenvalue weighted by molar-refractivity contribution is 5.74. The van der Waals surface area contributed by atoms with E-state index in [1.165, 1.54) is 0 Å². The summed E-state index contributed by atoms with van der Waals surface area (Å²) in [7, 11) is 0. The molecule has 0 radical (unpaired) electrons. The minimum Gasteiger partial charge on any atom is -0.481 e.